The van der Waals surface area contributed by atoms with E-state index in [0.29, 0.717) is 0 Å². The molecule has 5 nitrogen and oxygen atoms in total. The molecule has 0 heterocycles. The predicted molar refractivity (Wildman–Crippen MR) is 67.3 cm³/mol. The van der Waals surface area contributed by atoms with E-state index in [-0.39, 0.29) is 11.6 Å². The topological polar surface area (TPSA) is 72.2 Å². The van der Waals surface area contributed by atoms with E-state index in [9.17, 15) is 19.3 Å². The smallest absolute Gasteiger partial charge is 0.305 e. The number of carbonyl (C=O) groups excluding carboxylic acids is 1. The SMILES string of the molecule is O=C(NC1CC=CCC1)c1ccc(F)c([N+](=O)[O-])c1. The van der Waals surface area contributed by atoms with E-state index in [4.69, 9.17) is 0 Å². The van der Waals surface area contributed by atoms with Crippen LogP contribution in [0, 0.1) is 15.9 Å². The summed E-state index contributed by atoms with van der Waals surface area (Å²) in [5.74, 6) is -1.36. The first-order valence-corrected chi connectivity index (χ1v) is 5.97. The van der Waals surface area contributed by atoms with E-state index < -0.39 is 22.3 Å². The van der Waals surface area contributed by atoms with Gasteiger partial charge in [-0.25, -0.2) is 0 Å². The van der Waals surface area contributed by atoms with E-state index in [1.165, 1.54) is 6.07 Å². The summed E-state index contributed by atoms with van der Waals surface area (Å²) < 4.78 is 13.2. The Balaban J connectivity index is 2.12. The number of hydrogen-bond donors (Lipinski definition) is 1. The van der Waals surface area contributed by atoms with Crippen molar-refractivity contribution < 1.29 is 14.1 Å². The predicted octanol–water partition coefficient (Wildman–Crippen LogP) is 2.57. The zero-order valence-electron chi connectivity index (χ0n) is 10.1. The van der Waals surface area contributed by atoms with Crippen LogP contribution >= 0.6 is 0 Å². The largest absolute Gasteiger partial charge is 0.349 e. The number of nitrogens with zero attached hydrogens (tertiary/aromatic N) is 1. The Morgan fingerprint density at radius 1 is 1.42 bits per heavy atom. The summed E-state index contributed by atoms with van der Waals surface area (Å²) in [5, 5.41) is 13.4. The Hall–Kier alpha value is -2.24. The van der Waals surface area contributed by atoms with E-state index in [1.54, 1.807) is 0 Å². The minimum atomic E-state index is -0.942. The lowest BCUT2D eigenvalue weighted by Gasteiger charge is -2.19. The maximum absolute atomic E-state index is 13.2. The van der Waals surface area contributed by atoms with Crippen LogP contribution in [0.15, 0.2) is 30.4 Å². The first-order valence-electron chi connectivity index (χ1n) is 5.97. The van der Waals surface area contributed by atoms with Crippen LogP contribution in [0.3, 0.4) is 0 Å². The van der Waals surface area contributed by atoms with Crippen molar-refractivity contribution in [3.8, 4) is 0 Å². The van der Waals surface area contributed by atoms with Gasteiger partial charge < -0.3 is 5.32 Å². The van der Waals surface area contributed by atoms with Gasteiger partial charge in [0.1, 0.15) is 0 Å². The van der Waals surface area contributed by atoms with Crippen molar-refractivity contribution in [3.05, 3.63) is 51.8 Å². The highest BCUT2D eigenvalue weighted by Crippen LogP contribution is 2.19. The molecule has 0 aromatic heterocycles. The molecule has 0 saturated carbocycles. The number of halogens is 1. The standard InChI is InChI=1S/C13H13FN2O3/c14-11-7-6-9(8-12(11)16(18)19)13(17)15-10-4-2-1-3-5-10/h1-2,6-8,10H,3-5H2,(H,15,17). The maximum atomic E-state index is 13.2. The summed E-state index contributed by atoms with van der Waals surface area (Å²) in [6, 6.07) is 3.18. The van der Waals surface area contributed by atoms with E-state index >= 15 is 0 Å². The molecule has 0 spiro atoms. The van der Waals surface area contributed by atoms with Crippen LogP contribution in [0.2, 0.25) is 0 Å². The van der Waals surface area contributed by atoms with Gasteiger partial charge in [-0.15, -0.1) is 0 Å². The lowest BCUT2D eigenvalue weighted by molar-refractivity contribution is -0.387. The fourth-order valence-electron chi connectivity index (χ4n) is 1.99. The Labute approximate surface area is 109 Å². The van der Waals surface area contributed by atoms with Crippen molar-refractivity contribution >= 4 is 11.6 Å². The van der Waals surface area contributed by atoms with E-state index in [0.717, 1.165) is 31.4 Å². The third-order valence-corrected chi connectivity index (χ3v) is 3.01. The van der Waals surface area contributed by atoms with E-state index in [1.807, 2.05) is 12.2 Å². The quantitative estimate of drug-likeness (QED) is 0.518. The minimum absolute atomic E-state index is 0.0293. The molecule has 100 valence electrons. The molecule has 0 saturated heterocycles. The average Bonchev–Trinajstić information content (AvgIpc) is 2.40. The lowest BCUT2D eigenvalue weighted by atomic mass is 10.0. The van der Waals surface area contributed by atoms with Crippen molar-refractivity contribution in [2.24, 2.45) is 0 Å². The molecule has 1 N–H and O–H groups in total. The molecule has 1 aromatic carbocycles. The monoisotopic (exact) mass is 264 g/mol. The molecule has 1 atom stereocenters. The van der Waals surface area contributed by atoms with Gasteiger partial charge in [0, 0.05) is 17.7 Å². The van der Waals surface area contributed by atoms with Gasteiger partial charge in [-0.1, -0.05) is 12.2 Å². The molecule has 6 heteroatoms. The molecule has 0 fully saturated rings. The van der Waals surface area contributed by atoms with Gasteiger partial charge in [-0.05, 0) is 31.4 Å². The Kier molecular flexibility index (Phi) is 3.89. The molecule has 1 aromatic rings. The Bertz CT molecular complexity index is 543. The molecule has 1 aliphatic rings. The molecular weight excluding hydrogens is 251 g/mol. The lowest BCUT2D eigenvalue weighted by Crippen LogP contribution is -2.35. The van der Waals surface area contributed by atoms with Gasteiger partial charge in [0.05, 0.1) is 4.92 Å². The molecule has 2 rings (SSSR count). The number of nitro groups is 1. The number of rotatable bonds is 3. The second kappa shape index (κ2) is 5.60. The van der Waals surface area contributed by atoms with Gasteiger partial charge in [0.25, 0.3) is 5.91 Å². The van der Waals surface area contributed by atoms with E-state index in [2.05, 4.69) is 5.32 Å². The second-order valence-corrected chi connectivity index (χ2v) is 4.38. The van der Waals surface area contributed by atoms with Crippen molar-refractivity contribution in [2.75, 3.05) is 0 Å². The number of allylic oxidation sites excluding steroid dienone is 1. The number of nitrogens with one attached hydrogen (secondary N) is 1. The molecule has 0 bridgehead atoms. The number of carbonyl (C=O) groups is 1. The molecule has 19 heavy (non-hydrogen) atoms. The fraction of sp³-hybridized carbons (Fsp3) is 0.308. The summed E-state index contributed by atoms with van der Waals surface area (Å²) in [6.45, 7) is 0. The molecule has 1 amide bonds. The van der Waals surface area contributed by atoms with Gasteiger partial charge in [0.15, 0.2) is 0 Å². The third-order valence-electron chi connectivity index (χ3n) is 3.01. The van der Waals surface area contributed by atoms with Crippen molar-refractivity contribution in [1.82, 2.24) is 5.32 Å². The number of amides is 1. The average molecular weight is 264 g/mol. The zero-order valence-corrected chi connectivity index (χ0v) is 10.1. The first-order chi connectivity index (χ1) is 9.08. The number of hydrogen-bond acceptors (Lipinski definition) is 3. The van der Waals surface area contributed by atoms with Gasteiger partial charge in [0.2, 0.25) is 5.82 Å². The maximum Gasteiger partial charge on any atom is 0.305 e. The molecule has 0 radical (unpaired) electrons. The van der Waals surface area contributed by atoms with Crippen LogP contribution in [-0.4, -0.2) is 16.9 Å². The summed E-state index contributed by atoms with van der Waals surface area (Å²) in [4.78, 5) is 21.7. The van der Waals surface area contributed by atoms with Gasteiger partial charge in [-0.2, -0.15) is 4.39 Å². The highest BCUT2D eigenvalue weighted by atomic mass is 19.1. The van der Waals surface area contributed by atoms with Crippen molar-refractivity contribution in [1.29, 1.82) is 0 Å². The highest BCUT2D eigenvalue weighted by molar-refractivity contribution is 5.95. The highest BCUT2D eigenvalue weighted by Gasteiger charge is 2.19. The molecule has 1 aliphatic carbocycles. The van der Waals surface area contributed by atoms with Gasteiger partial charge >= 0.3 is 5.69 Å². The van der Waals surface area contributed by atoms with Crippen LogP contribution in [0.25, 0.3) is 0 Å². The second-order valence-electron chi connectivity index (χ2n) is 4.38. The fourth-order valence-corrected chi connectivity index (χ4v) is 1.99. The van der Waals surface area contributed by atoms with Crippen molar-refractivity contribution in [2.45, 2.75) is 25.3 Å². The third kappa shape index (κ3) is 3.15. The summed E-state index contributed by atoms with van der Waals surface area (Å²) in [7, 11) is 0. The Morgan fingerprint density at radius 3 is 2.84 bits per heavy atom. The van der Waals surface area contributed by atoms with Crippen LogP contribution in [-0.2, 0) is 0 Å². The summed E-state index contributed by atoms with van der Waals surface area (Å²) in [6.07, 6.45) is 6.52. The number of nitro benzene ring substituents is 1. The molecule has 1 unspecified atom stereocenters. The first kappa shape index (κ1) is 13.2. The van der Waals surface area contributed by atoms with Crippen LogP contribution in [0.1, 0.15) is 29.6 Å². The van der Waals surface area contributed by atoms with Crippen molar-refractivity contribution in [3.63, 3.8) is 0 Å². The van der Waals surface area contributed by atoms with Gasteiger partial charge in [-0.3, -0.25) is 14.9 Å². The molecular formula is C13H13FN2O3. The van der Waals surface area contributed by atoms with Crippen LogP contribution < -0.4 is 5.32 Å². The minimum Gasteiger partial charge on any atom is -0.349 e. The number of benzene rings is 1. The normalized spacial score (nSPS) is 18.1. The molecule has 0 aliphatic heterocycles. The summed E-state index contributed by atoms with van der Waals surface area (Å²) >= 11 is 0. The summed E-state index contributed by atoms with van der Waals surface area (Å²) in [5.41, 5.74) is -0.584. The zero-order chi connectivity index (χ0) is 13.8. The van der Waals surface area contributed by atoms with Crippen LogP contribution in [0.4, 0.5) is 10.1 Å². The van der Waals surface area contributed by atoms with Crippen LogP contribution in [0.5, 0.6) is 0 Å². The Morgan fingerprint density at radius 2 is 2.21 bits per heavy atom.